The van der Waals surface area contributed by atoms with E-state index in [-0.39, 0.29) is 12.0 Å². The second-order valence-corrected chi connectivity index (χ2v) is 8.62. The Labute approximate surface area is 182 Å². The molecule has 1 amide bonds. The van der Waals surface area contributed by atoms with Crippen molar-refractivity contribution in [2.75, 3.05) is 7.05 Å². The summed E-state index contributed by atoms with van der Waals surface area (Å²) in [7, 11) is 2.24. The molecule has 2 aromatic carbocycles. The van der Waals surface area contributed by atoms with Gasteiger partial charge >= 0.3 is 0 Å². The van der Waals surface area contributed by atoms with Crippen LogP contribution in [0.25, 0.3) is 11.3 Å². The lowest BCUT2D eigenvalue weighted by molar-refractivity contribution is 0.0661. The molecule has 2 aliphatic heterocycles. The van der Waals surface area contributed by atoms with E-state index in [1.807, 2.05) is 54.6 Å². The molecule has 2 bridgehead atoms. The molecular weight excluding hydrogens is 388 g/mol. The zero-order chi connectivity index (χ0) is 21.2. The largest absolute Gasteiger partial charge is 0.490 e. The summed E-state index contributed by atoms with van der Waals surface area (Å²) >= 11 is 0. The van der Waals surface area contributed by atoms with Gasteiger partial charge in [-0.05, 0) is 56.5 Å². The minimum Gasteiger partial charge on any atom is -0.490 e. The molecule has 6 nitrogen and oxygen atoms in total. The highest BCUT2D eigenvalue weighted by atomic mass is 16.5. The number of H-pyrrole nitrogens is 1. The Morgan fingerprint density at radius 1 is 1.10 bits per heavy atom. The minimum atomic E-state index is -0.173. The number of hydrogen-bond acceptors (Lipinski definition) is 4. The van der Waals surface area contributed by atoms with Crippen LogP contribution in [0.4, 0.5) is 0 Å². The smallest absolute Gasteiger partial charge is 0.269 e. The molecule has 3 heterocycles. The summed E-state index contributed by atoms with van der Waals surface area (Å²) in [6.07, 6.45) is 5.04. The number of aromatic nitrogens is 2. The lowest BCUT2D eigenvalue weighted by atomic mass is 10.0. The number of nitrogens with zero attached hydrogens (tertiary/aromatic N) is 2. The van der Waals surface area contributed by atoms with Gasteiger partial charge in [-0.2, -0.15) is 5.10 Å². The number of nitrogens with one attached hydrogen (secondary N) is 2. The predicted octanol–water partition coefficient (Wildman–Crippen LogP) is 4.01. The van der Waals surface area contributed by atoms with Gasteiger partial charge in [-0.15, -0.1) is 0 Å². The first-order valence-electron chi connectivity index (χ1n) is 11.0. The number of piperidine rings is 1. The Hall–Kier alpha value is -3.12. The van der Waals surface area contributed by atoms with Gasteiger partial charge in [0.25, 0.3) is 5.91 Å². The van der Waals surface area contributed by atoms with Crippen LogP contribution in [0.2, 0.25) is 0 Å². The fraction of sp³-hybridized carbons (Fsp3) is 0.360. The standard InChI is InChI=1S/C25H28N4O2/c1-29-19-10-11-20(29)14-22(13-19)31-21-9-5-6-17(12-21)16-26-25(30)24-15-23(27-28-24)18-7-3-2-4-8-18/h2-9,12,15,19-20,22H,10-11,13-14,16H2,1H3,(H,26,30)(H,27,28). The van der Waals surface area contributed by atoms with Crippen molar-refractivity contribution in [3.8, 4) is 17.0 Å². The van der Waals surface area contributed by atoms with E-state index in [0.29, 0.717) is 24.3 Å². The van der Waals surface area contributed by atoms with Crippen molar-refractivity contribution in [2.45, 2.75) is 50.4 Å². The van der Waals surface area contributed by atoms with Gasteiger partial charge in [0.2, 0.25) is 0 Å². The van der Waals surface area contributed by atoms with Crippen molar-refractivity contribution in [1.29, 1.82) is 0 Å². The predicted molar refractivity (Wildman–Crippen MR) is 120 cm³/mol. The number of fused-ring (bicyclic) bond motifs is 2. The molecular formula is C25H28N4O2. The SMILES string of the molecule is CN1C2CCC1CC(Oc1cccc(CNC(=O)c3cc(-c4ccccc4)n[nH]3)c1)C2. The van der Waals surface area contributed by atoms with E-state index in [9.17, 15) is 4.79 Å². The second kappa shape index (κ2) is 8.55. The minimum absolute atomic E-state index is 0.173. The van der Waals surface area contributed by atoms with Crippen molar-refractivity contribution in [3.05, 3.63) is 71.9 Å². The number of carbonyl (C=O) groups excluding carboxylic acids is 1. The van der Waals surface area contributed by atoms with Gasteiger partial charge in [0, 0.05) is 24.2 Å². The van der Waals surface area contributed by atoms with Crippen LogP contribution in [0.5, 0.6) is 5.75 Å². The maximum atomic E-state index is 12.6. The average Bonchev–Trinajstić information content (AvgIpc) is 3.35. The zero-order valence-corrected chi connectivity index (χ0v) is 17.8. The monoisotopic (exact) mass is 416 g/mol. The van der Waals surface area contributed by atoms with Gasteiger partial charge in [0.1, 0.15) is 17.5 Å². The van der Waals surface area contributed by atoms with Gasteiger partial charge in [0.05, 0.1) is 5.69 Å². The van der Waals surface area contributed by atoms with E-state index in [1.165, 1.54) is 12.8 Å². The summed E-state index contributed by atoms with van der Waals surface area (Å²) in [4.78, 5) is 15.1. The molecule has 6 heteroatoms. The Bertz CT molecular complexity index is 1030. The third-order valence-corrected chi connectivity index (χ3v) is 6.60. The number of amides is 1. The van der Waals surface area contributed by atoms with Crippen LogP contribution < -0.4 is 10.1 Å². The lowest BCUT2D eigenvalue weighted by Crippen LogP contribution is -2.43. The lowest BCUT2D eigenvalue weighted by Gasteiger charge is -2.36. The number of carbonyl (C=O) groups is 1. The molecule has 0 saturated carbocycles. The third-order valence-electron chi connectivity index (χ3n) is 6.60. The molecule has 3 aromatic rings. The third kappa shape index (κ3) is 4.35. The number of rotatable bonds is 6. The number of ether oxygens (including phenoxy) is 1. The normalized spacial score (nSPS) is 22.9. The Morgan fingerprint density at radius 3 is 2.65 bits per heavy atom. The average molecular weight is 417 g/mol. The van der Waals surface area contributed by atoms with Crippen LogP contribution in [0, 0.1) is 0 Å². The molecule has 2 aliphatic rings. The summed E-state index contributed by atoms with van der Waals surface area (Å²) in [6, 6.07) is 20.9. The Kier molecular flexibility index (Phi) is 5.47. The van der Waals surface area contributed by atoms with E-state index in [2.05, 4.69) is 27.5 Å². The highest BCUT2D eigenvalue weighted by Gasteiger charge is 2.39. The topological polar surface area (TPSA) is 70.2 Å². The summed E-state index contributed by atoms with van der Waals surface area (Å²) in [6.45, 7) is 0.439. The highest BCUT2D eigenvalue weighted by molar-refractivity contribution is 5.93. The second-order valence-electron chi connectivity index (χ2n) is 8.62. The van der Waals surface area contributed by atoms with Crippen molar-refractivity contribution in [2.24, 2.45) is 0 Å². The van der Waals surface area contributed by atoms with Crippen LogP contribution in [0.3, 0.4) is 0 Å². The van der Waals surface area contributed by atoms with Gasteiger partial charge in [-0.1, -0.05) is 42.5 Å². The van der Waals surface area contributed by atoms with Gasteiger partial charge < -0.3 is 15.0 Å². The zero-order valence-electron chi connectivity index (χ0n) is 17.8. The molecule has 1 aromatic heterocycles. The Balaban J connectivity index is 1.18. The van der Waals surface area contributed by atoms with Crippen molar-refractivity contribution in [3.63, 3.8) is 0 Å². The van der Waals surface area contributed by atoms with Gasteiger partial charge in [-0.25, -0.2) is 0 Å². The molecule has 2 atom stereocenters. The van der Waals surface area contributed by atoms with E-state index >= 15 is 0 Å². The Morgan fingerprint density at radius 2 is 1.87 bits per heavy atom. The summed E-state index contributed by atoms with van der Waals surface area (Å²) in [5.41, 5.74) is 3.20. The van der Waals surface area contributed by atoms with Crippen LogP contribution >= 0.6 is 0 Å². The quantitative estimate of drug-likeness (QED) is 0.637. The van der Waals surface area contributed by atoms with Crippen molar-refractivity contribution >= 4 is 5.91 Å². The van der Waals surface area contributed by atoms with E-state index in [4.69, 9.17) is 4.74 Å². The van der Waals surface area contributed by atoms with Crippen LogP contribution in [-0.2, 0) is 6.54 Å². The van der Waals surface area contributed by atoms with E-state index in [0.717, 1.165) is 35.4 Å². The molecule has 2 fully saturated rings. The van der Waals surface area contributed by atoms with E-state index in [1.54, 1.807) is 6.07 Å². The van der Waals surface area contributed by atoms with E-state index < -0.39 is 0 Å². The maximum Gasteiger partial charge on any atom is 0.269 e. The molecule has 2 unspecified atom stereocenters. The molecule has 0 aliphatic carbocycles. The number of aromatic amines is 1. The molecule has 5 rings (SSSR count). The molecule has 160 valence electrons. The van der Waals surface area contributed by atoms with Crippen molar-refractivity contribution in [1.82, 2.24) is 20.4 Å². The molecule has 0 radical (unpaired) electrons. The fourth-order valence-electron chi connectivity index (χ4n) is 4.85. The first-order valence-corrected chi connectivity index (χ1v) is 11.0. The van der Waals surface area contributed by atoms with Crippen LogP contribution in [0.1, 0.15) is 41.7 Å². The molecule has 0 spiro atoms. The van der Waals surface area contributed by atoms with Crippen LogP contribution in [0.15, 0.2) is 60.7 Å². The summed E-state index contributed by atoms with van der Waals surface area (Å²) < 4.78 is 6.31. The maximum absolute atomic E-state index is 12.6. The van der Waals surface area contributed by atoms with Gasteiger partial charge in [0.15, 0.2) is 0 Å². The fourth-order valence-corrected chi connectivity index (χ4v) is 4.85. The number of hydrogen-bond donors (Lipinski definition) is 2. The van der Waals surface area contributed by atoms with Crippen LogP contribution in [-0.4, -0.2) is 46.2 Å². The molecule has 31 heavy (non-hydrogen) atoms. The first kappa shape index (κ1) is 19.8. The number of benzene rings is 2. The molecule has 2 N–H and O–H groups in total. The van der Waals surface area contributed by atoms with Crippen molar-refractivity contribution < 1.29 is 9.53 Å². The molecule has 2 saturated heterocycles. The summed E-state index contributed by atoms with van der Waals surface area (Å²) in [5.74, 6) is 0.710. The summed E-state index contributed by atoms with van der Waals surface area (Å²) in [5, 5.41) is 10.1. The highest BCUT2D eigenvalue weighted by Crippen LogP contribution is 2.36. The van der Waals surface area contributed by atoms with Gasteiger partial charge in [-0.3, -0.25) is 9.89 Å². The first-order chi connectivity index (χ1) is 15.2.